The predicted octanol–water partition coefficient (Wildman–Crippen LogP) is 8.60. The number of carbonyl (C=O) groups excluding carboxylic acids is 1. The van der Waals surface area contributed by atoms with Gasteiger partial charge in [-0.2, -0.15) is 0 Å². The number of ether oxygens (including phenoxy) is 1. The van der Waals surface area contributed by atoms with Crippen LogP contribution in [0.3, 0.4) is 0 Å². The van der Waals surface area contributed by atoms with Crippen molar-refractivity contribution in [3.8, 4) is 0 Å². The predicted molar refractivity (Wildman–Crippen MR) is 130 cm³/mol. The van der Waals surface area contributed by atoms with Crippen LogP contribution >= 0.6 is 0 Å². The Morgan fingerprint density at radius 3 is 1.77 bits per heavy atom. The first-order valence-corrected chi connectivity index (χ1v) is 11.5. The summed E-state index contributed by atoms with van der Waals surface area (Å²) in [6, 6.07) is 4.85. The third-order valence-electron chi connectivity index (χ3n) is 6.01. The summed E-state index contributed by atoms with van der Waals surface area (Å²) in [6.07, 6.45) is 3.58. The first-order valence-electron chi connectivity index (χ1n) is 11.5. The molecule has 0 saturated heterocycles. The van der Waals surface area contributed by atoms with Gasteiger partial charge in [-0.05, 0) is 78.2 Å². The van der Waals surface area contributed by atoms with E-state index in [1.807, 2.05) is 13.0 Å². The molecule has 1 aromatic rings. The molecular formula is C28H44O2. The SMILES string of the molecule is C=C(C)C[C@@H](C/C(=C/C)OC(C)=O)[C@@H](C)c1c(C(C)C)cc(C(C)C)cc1C(C)C. The van der Waals surface area contributed by atoms with Crippen LogP contribution in [0, 0.1) is 5.92 Å². The van der Waals surface area contributed by atoms with E-state index in [1.165, 1.54) is 34.8 Å². The van der Waals surface area contributed by atoms with Gasteiger partial charge in [-0.3, -0.25) is 4.79 Å². The Hall–Kier alpha value is -1.83. The first kappa shape index (κ1) is 26.2. The topological polar surface area (TPSA) is 26.3 Å². The van der Waals surface area contributed by atoms with E-state index in [-0.39, 0.29) is 5.97 Å². The number of esters is 1. The molecule has 0 radical (unpaired) electrons. The molecule has 0 aliphatic rings. The van der Waals surface area contributed by atoms with Gasteiger partial charge in [0, 0.05) is 13.3 Å². The van der Waals surface area contributed by atoms with Gasteiger partial charge < -0.3 is 4.74 Å². The van der Waals surface area contributed by atoms with Crippen molar-refractivity contribution in [1.82, 2.24) is 0 Å². The van der Waals surface area contributed by atoms with E-state index in [0.29, 0.717) is 29.6 Å². The minimum atomic E-state index is -0.253. The molecular weight excluding hydrogens is 368 g/mol. The molecule has 0 aliphatic heterocycles. The molecule has 30 heavy (non-hydrogen) atoms. The molecule has 0 N–H and O–H groups in total. The van der Waals surface area contributed by atoms with Crippen LogP contribution in [0.2, 0.25) is 0 Å². The monoisotopic (exact) mass is 412 g/mol. The molecule has 0 spiro atoms. The maximum absolute atomic E-state index is 11.6. The minimum Gasteiger partial charge on any atom is -0.432 e. The summed E-state index contributed by atoms with van der Waals surface area (Å²) in [5, 5.41) is 0. The van der Waals surface area contributed by atoms with Gasteiger partial charge in [0.25, 0.3) is 0 Å². The molecule has 0 saturated carbocycles. The molecule has 0 aliphatic carbocycles. The Morgan fingerprint density at radius 1 is 0.933 bits per heavy atom. The fraction of sp³-hybridized carbons (Fsp3) is 0.607. The largest absolute Gasteiger partial charge is 0.432 e. The molecule has 1 aromatic carbocycles. The highest BCUT2D eigenvalue weighted by Crippen LogP contribution is 2.42. The van der Waals surface area contributed by atoms with Gasteiger partial charge in [0.1, 0.15) is 5.76 Å². The number of hydrogen-bond acceptors (Lipinski definition) is 2. The van der Waals surface area contributed by atoms with E-state index < -0.39 is 0 Å². The molecule has 0 fully saturated rings. The molecule has 0 amide bonds. The van der Waals surface area contributed by atoms with Crippen LogP contribution in [-0.2, 0) is 9.53 Å². The Bertz CT molecular complexity index is 736. The number of hydrogen-bond donors (Lipinski definition) is 0. The van der Waals surface area contributed by atoms with E-state index in [9.17, 15) is 4.79 Å². The second kappa shape index (κ2) is 11.5. The summed E-state index contributed by atoms with van der Waals surface area (Å²) in [6.45, 7) is 25.8. The maximum atomic E-state index is 11.6. The molecule has 168 valence electrons. The highest BCUT2D eigenvalue weighted by molar-refractivity contribution is 5.67. The van der Waals surface area contributed by atoms with E-state index in [2.05, 4.69) is 74.1 Å². The number of carbonyl (C=O) groups is 1. The van der Waals surface area contributed by atoms with Gasteiger partial charge in [-0.1, -0.05) is 66.2 Å². The van der Waals surface area contributed by atoms with Crippen molar-refractivity contribution < 1.29 is 9.53 Å². The molecule has 0 unspecified atom stereocenters. The molecule has 2 nitrogen and oxygen atoms in total. The lowest BCUT2D eigenvalue weighted by Gasteiger charge is -2.32. The summed E-state index contributed by atoms with van der Waals surface area (Å²) >= 11 is 0. The molecule has 0 heterocycles. The third-order valence-corrected chi connectivity index (χ3v) is 6.01. The third kappa shape index (κ3) is 7.15. The fourth-order valence-corrected chi connectivity index (χ4v) is 4.31. The second-order valence-electron chi connectivity index (χ2n) is 9.84. The van der Waals surface area contributed by atoms with Crippen molar-refractivity contribution in [3.05, 3.63) is 58.4 Å². The Labute approximate surface area is 185 Å². The zero-order valence-electron chi connectivity index (χ0n) is 21.1. The van der Waals surface area contributed by atoms with E-state index >= 15 is 0 Å². The smallest absolute Gasteiger partial charge is 0.307 e. The van der Waals surface area contributed by atoms with Gasteiger partial charge in [-0.25, -0.2) is 0 Å². The number of allylic oxidation sites excluding steroid dienone is 3. The summed E-state index contributed by atoms with van der Waals surface area (Å²) in [4.78, 5) is 11.6. The van der Waals surface area contributed by atoms with Gasteiger partial charge in [0.05, 0.1) is 0 Å². The minimum absolute atomic E-state index is 0.253. The lowest BCUT2D eigenvalue weighted by atomic mass is 9.73. The van der Waals surface area contributed by atoms with Crippen LogP contribution < -0.4 is 0 Å². The van der Waals surface area contributed by atoms with Gasteiger partial charge in [0.2, 0.25) is 0 Å². The Kier molecular flexibility index (Phi) is 10.1. The standard InChI is InChI=1S/C28H44O2/c1-12-25(30-22(11)29)14-24(13-17(2)3)21(10)28-26(19(6)7)15-23(18(4)5)16-27(28)20(8)9/h12,15-16,18-21,24H,2,13-14H2,1,3-11H3/b25-12-/t21-,24+/m1/s1. The van der Waals surface area contributed by atoms with E-state index in [0.717, 1.165) is 18.6 Å². The van der Waals surface area contributed by atoms with Crippen molar-refractivity contribution >= 4 is 5.97 Å². The average molecular weight is 413 g/mol. The highest BCUT2D eigenvalue weighted by Gasteiger charge is 2.28. The number of benzene rings is 1. The highest BCUT2D eigenvalue weighted by atomic mass is 16.5. The Morgan fingerprint density at radius 2 is 1.43 bits per heavy atom. The lowest BCUT2D eigenvalue weighted by molar-refractivity contribution is -0.137. The average Bonchev–Trinajstić information content (AvgIpc) is 2.64. The quantitative estimate of drug-likeness (QED) is 0.218. The summed E-state index contributed by atoms with van der Waals surface area (Å²) < 4.78 is 5.50. The van der Waals surface area contributed by atoms with E-state index in [4.69, 9.17) is 4.74 Å². The van der Waals surface area contributed by atoms with Crippen molar-refractivity contribution in [3.63, 3.8) is 0 Å². The van der Waals surface area contributed by atoms with Crippen molar-refractivity contribution in [2.45, 2.75) is 106 Å². The number of rotatable bonds is 10. The van der Waals surface area contributed by atoms with E-state index in [1.54, 1.807) is 0 Å². The van der Waals surface area contributed by atoms with Crippen molar-refractivity contribution in [1.29, 1.82) is 0 Å². The fourth-order valence-electron chi connectivity index (χ4n) is 4.31. The van der Waals surface area contributed by atoms with Gasteiger partial charge in [-0.15, -0.1) is 6.58 Å². The normalized spacial score (nSPS) is 14.4. The first-order chi connectivity index (χ1) is 13.9. The van der Waals surface area contributed by atoms with Crippen LogP contribution in [0.25, 0.3) is 0 Å². The van der Waals surface area contributed by atoms with Crippen LogP contribution in [-0.4, -0.2) is 5.97 Å². The Balaban J connectivity index is 3.58. The molecule has 0 bridgehead atoms. The van der Waals surface area contributed by atoms with Crippen molar-refractivity contribution in [2.75, 3.05) is 0 Å². The molecule has 2 heteroatoms. The van der Waals surface area contributed by atoms with Gasteiger partial charge in [0.15, 0.2) is 0 Å². The maximum Gasteiger partial charge on any atom is 0.307 e. The van der Waals surface area contributed by atoms with Crippen LogP contribution in [0.5, 0.6) is 0 Å². The van der Waals surface area contributed by atoms with Crippen LogP contribution in [0.15, 0.2) is 36.1 Å². The zero-order valence-corrected chi connectivity index (χ0v) is 21.1. The summed E-state index contributed by atoms with van der Waals surface area (Å²) in [5.74, 6) is 2.59. The molecule has 2 atom stereocenters. The molecule has 0 aromatic heterocycles. The zero-order chi connectivity index (χ0) is 23.2. The summed E-state index contributed by atoms with van der Waals surface area (Å²) in [5.41, 5.74) is 6.98. The lowest BCUT2D eigenvalue weighted by Crippen LogP contribution is -2.18. The van der Waals surface area contributed by atoms with Gasteiger partial charge >= 0.3 is 5.97 Å². The second-order valence-corrected chi connectivity index (χ2v) is 9.84. The van der Waals surface area contributed by atoms with Crippen molar-refractivity contribution in [2.24, 2.45) is 5.92 Å². The summed E-state index contributed by atoms with van der Waals surface area (Å²) in [7, 11) is 0. The van der Waals surface area contributed by atoms with Crippen LogP contribution in [0.4, 0.5) is 0 Å². The van der Waals surface area contributed by atoms with Crippen LogP contribution in [0.1, 0.15) is 128 Å². The molecule has 1 rings (SSSR count).